The first-order valence-corrected chi connectivity index (χ1v) is 9.11. The molecule has 1 aromatic heterocycles. The van der Waals surface area contributed by atoms with Crippen LogP contribution in [-0.2, 0) is 4.79 Å². The molecule has 7 nitrogen and oxygen atoms in total. The van der Waals surface area contributed by atoms with Gasteiger partial charge in [-0.25, -0.2) is 0 Å². The smallest absolute Gasteiger partial charge is 0.262 e. The number of amides is 1. The second kappa shape index (κ2) is 8.02. The molecule has 1 N–H and O–H groups in total. The molecule has 0 spiro atoms. The molecule has 0 radical (unpaired) electrons. The zero-order valence-electron chi connectivity index (χ0n) is 16.1. The number of carbonyl (C=O) groups is 1. The van der Waals surface area contributed by atoms with Crippen LogP contribution in [0.2, 0.25) is 0 Å². The molecule has 1 heterocycles. The van der Waals surface area contributed by atoms with Crippen molar-refractivity contribution >= 4 is 22.6 Å². The van der Waals surface area contributed by atoms with Crippen molar-refractivity contribution in [2.24, 2.45) is 0 Å². The summed E-state index contributed by atoms with van der Waals surface area (Å²) in [5, 5.41) is 11.8. The van der Waals surface area contributed by atoms with Crippen LogP contribution >= 0.6 is 0 Å². The van der Waals surface area contributed by atoms with Gasteiger partial charge in [0.15, 0.2) is 6.61 Å². The lowest BCUT2D eigenvalue weighted by molar-refractivity contribution is -0.118. The minimum atomic E-state index is -0.258. The van der Waals surface area contributed by atoms with Gasteiger partial charge in [0.2, 0.25) is 0 Å². The summed E-state index contributed by atoms with van der Waals surface area (Å²) in [6.45, 7) is 1.94. The predicted octanol–water partition coefficient (Wildman–Crippen LogP) is 3.76. The van der Waals surface area contributed by atoms with Gasteiger partial charge in [-0.05, 0) is 61.5 Å². The third-order valence-electron chi connectivity index (χ3n) is 4.36. The van der Waals surface area contributed by atoms with Crippen LogP contribution in [0.25, 0.3) is 16.7 Å². The van der Waals surface area contributed by atoms with Crippen molar-refractivity contribution < 1.29 is 14.3 Å². The van der Waals surface area contributed by atoms with E-state index in [0.29, 0.717) is 17.0 Å². The Kier molecular flexibility index (Phi) is 5.11. The maximum atomic E-state index is 12.2. The number of hydrogen-bond donors (Lipinski definition) is 1. The molecule has 146 valence electrons. The number of benzene rings is 3. The highest BCUT2D eigenvalue weighted by Gasteiger charge is 2.08. The van der Waals surface area contributed by atoms with Gasteiger partial charge in [-0.3, -0.25) is 4.79 Å². The van der Waals surface area contributed by atoms with E-state index in [1.54, 1.807) is 48.3 Å². The van der Waals surface area contributed by atoms with E-state index in [-0.39, 0.29) is 12.5 Å². The summed E-state index contributed by atoms with van der Waals surface area (Å²) in [7, 11) is 1.60. The molecular formula is C22H20N4O3. The van der Waals surface area contributed by atoms with Crippen molar-refractivity contribution in [3.8, 4) is 17.2 Å². The standard InChI is InChI=1S/C22H20N4O3/c1-15-3-6-17(7-4-15)26-24-20-12-5-16(13-21(20)25-26)23-22(27)14-29-19-10-8-18(28-2)9-11-19/h3-13H,14H2,1-2H3,(H,23,27). The van der Waals surface area contributed by atoms with Gasteiger partial charge < -0.3 is 14.8 Å². The number of ether oxygens (including phenoxy) is 2. The van der Waals surface area contributed by atoms with Crippen molar-refractivity contribution in [1.29, 1.82) is 0 Å². The van der Waals surface area contributed by atoms with Gasteiger partial charge in [-0.1, -0.05) is 17.7 Å². The van der Waals surface area contributed by atoms with Crippen LogP contribution in [0.3, 0.4) is 0 Å². The maximum Gasteiger partial charge on any atom is 0.262 e. The van der Waals surface area contributed by atoms with E-state index >= 15 is 0 Å². The van der Waals surface area contributed by atoms with Crippen LogP contribution < -0.4 is 14.8 Å². The SMILES string of the molecule is COc1ccc(OCC(=O)Nc2ccc3nn(-c4ccc(C)cc4)nc3c2)cc1. The van der Waals surface area contributed by atoms with Crippen LogP contribution in [0.4, 0.5) is 5.69 Å². The maximum absolute atomic E-state index is 12.2. The van der Waals surface area contributed by atoms with Gasteiger partial charge in [0.05, 0.1) is 12.8 Å². The van der Waals surface area contributed by atoms with Crippen LogP contribution in [0, 0.1) is 6.92 Å². The number of hydrogen-bond acceptors (Lipinski definition) is 5. The molecule has 7 heteroatoms. The average Bonchev–Trinajstić information content (AvgIpc) is 3.16. The zero-order valence-corrected chi connectivity index (χ0v) is 16.1. The van der Waals surface area contributed by atoms with Crippen LogP contribution in [-0.4, -0.2) is 34.6 Å². The predicted molar refractivity (Wildman–Crippen MR) is 111 cm³/mol. The summed E-state index contributed by atoms with van der Waals surface area (Å²) in [5.41, 5.74) is 4.13. The molecule has 0 aliphatic rings. The number of methoxy groups -OCH3 is 1. The summed E-state index contributed by atoms with van der Waals surface area (Å²) in [5.74, 6) is 1.07. The third-order valence-corrected chi connectivity index (χ3v) is 4.36. The van der Waals surface area contributed by atoms with Crippen molar-refractivity contribution in [2.75, 3.05) is 19.0 Å². The summed E-state index contributed by atoms with van der Waals surface area (Å²) in [6.07, 6.45) is 0. The second-order valence-corrected chi connectivity index (χ2v) is 6.54. The molecule has 29 heavy (non-hydrogen) atoms. The summed E-state index contributed by atoms with van der Waals surface area (Å²) < 4.78 is 10.6. The molecule has 0 saturated heterocycles. The lowest BCUT2D eigenvalue weighted by Crippen LogP contribution is -2.20. The van der Waals surface area contributed by atoms with E-state index in [4.69, 9.17) is 9.47 Å². The first kappa shape index (κ1) is 18.5. The van der Waals surface area contributed by atoms with Crippen molar-refractivity contribution in [1.82, 2.24) is 15.0 Å². The Hall–Kier alpha value is -3.87. The fourth-order valence-corrected chi connectivity index (χ4v) is 2.80. The minimum absolute atomic E-state index is 0.0968. The van der Waals surface area contributed by atoms with Gasteiger partial charge in [0, 0.05) is 5.69 Å². The molecule has 3 aromatic carbocycles. The van der Waals surface area contributed by atoms with Gasteiger partial charge in [-0.15, -0.1) is 10.2 Å². The highest BCUT2D eigenvalue weighted by molar-refractivity contribution is 5.93. The number of nitrogens with zero attached hydrogens (tertiary/aromatic N) is 3. The lowest BCUT2D eigenvalue weighted by Gasteiger charge is -2.08. The Morgan fingerprint density at radius 2 is 1.62 bits per heavy atom. The van der Waals surface area contributed by atoms with E-state index in [2.05, 4.69) is 15.5 Å². The Morgan fingerprint density at radius 3 is 2.34 bits per heavy atom. The van der Waals surface area contributed by atoms with Gasteiger partial charge in [-0.2, -0.15) is 4.80 Å². The van der Waals surface area contributed by atoms with E-state index in [1.807, 2.05) is 37.3 Å². The Balaban J connectivity index is 1.42. The first-order valence-electron chi connectivity index (χ1n) is 9.11. The Morgan fingerprint density at radius 1 is 0.931 bits per heavy atom. The van der Waals surface area contributed by atoms with E-state index < -0.39 is 0 Å². The number of fused-ring (bicyclic) bond motifs is 1. The van der Waals surface area contributed by atoms with Crippen LogP contribution in [0.15, 0.2) is 66.7 Å². The summed E-state index contributed by atoms with van der Waals surface area (Å²) in [6, 6.07) is 20.4. The molecule has 0 aliphatic heterocycles. The molecule has 0 unspecified atom stereocenters. The van der Waals surface area contributed by atoms with Gasteiger partial charge in [0.25, 0.3) is 5.91 Å². The first-order chi connectivity index (χ1) is 14.1. The molecule has 4 aromatic rings. The van der Waals surface area contributed by atoms with Crippen molar-refractivity contribution in [2.45, 2.75) is 6.92 Å². The highest BCUT2D eigenvalue weighted by atomic mass is 16.5. The highest BCUT2D eigenvalue weighted by Crippen LogP contribution is 2.19. The molecule has 4 rings (SSSR count). The normalized spacial score (nSPS) is 10.7. The zero-order chi connectivity index (χ0) is 20.2. The lowest BCUT2D eigenvalue weighted by atomic mass is 10.2. The van der Waals surface area contributed by atoms with E-state index in [1.165, 1.54) is 5.56 Å². The summed E-state index contributed by atoms with van der Waals surface area (Å²) in [4.78, 5) is 13.8. The number of rotatable bonds is 6. The molecule has 0 saturated carbocycles. The molecule has 0 fully saturated rings. The topological polar surface area (TPSA) is 78.3 Å². The Bertz CT molecular complexity index is 1140. The van der Waals surface area contributed by atoms with Gasteiger partial charge in [0.1, 0.15) is 22.5 Å². The fraction of sp³-hybridized carbons (Fsp3) is 0.136. The number of aromatic nitrogens is 3. The molecule has 0 bridgehead atoms. The number of aryl methyl sites for hydroxylation is 1. The number of nitrogens with one attached hydrogen (secondary N) is 1. The molecule has 1 amide bonds. The van der Waals surface area contributed by atoms with Crippen LogP contribution in [0.5, 0.6) is 11.5 Å². The fourth-order valence-electron chi connectivity index (χ4n) is 2.80. The van der Waals surface area contributed by atoms with E-state index in [9.17, 15) is 4.79 Å². The van der Waals surface area contributed by atoms with E-state index in [0.717, 1.165) is 17.0 Å². The molecular weight excluding hydrogens is 368 g/mol. The number of carbonyl (C=O) groups excluding carboxylic acids is 1. The molecule has 0 aliphatic carbocycles. The van der Waals surface area contributed by atoms with Crippen molar-refractivity contribution in [3.63, 3.8) is 0 Å². The Labute approximate surface area is 167 Å². The third kappa shape index (κ3) is 4.35. The monoisotopic (exact) mass is 388 g/mol. The van der Waals surface area contributed by atoms with Crippen molar-refractivity contribution in [3.05, 3.63) is 72.3 Å². The van der Waals surface area contributed by atoms with Gasteiger partial charge >= 0.3 is 0 Å². The quantitative estimate of drug-likeness (QED) is 0.544. The van der Waals surface area contributed by atoms with Crippen LogP contribution in [0.1, 0.15) is 5.56 Å². The number of anilines is 1. The minimum Gasteiger partial charge on any atom is -0.497 e. The largest absolute Gasteiger partial charge is 0.497 e. The summed E-state index contributed by atoms with van der Waals surface area (Å²) >= 11 is 0. The second-order valence-electron chi connectivity index (χ2n) is 6.54. The molecule has 0 atom stereocenters. The average molecular weight is 388 g/mol.